The predicted octanol–water partition coefficient (Wildman–Crippen LogP) is -0.0742. The number of anilines is 2. The van der Waals surface area contributed by atoms with Crippen LogP contribution < -0.4 is 11.1 Å². The first-order valence-electron chi connectivity index (χ1n) is 4.94. The van der Waals surface area contributed by atoms with Crippen molar-refractivity contribution < 1.29 is 10.0 Å². The van der Waals surface area contributed by atoms with Gasteiger partial charge in [-0.25, -0.2) is 9.97 Å². The molecule has 1 aliphatic rings. The maximum absolute atomic E-state index is 10.8. The van der Waals surface area contributed by atoms with Crippen molar-refractivity contribution in [1.82, 2.24) is 9.97 Å². The molecule has 0 spiro atoms. The van der Waals surface area contributed by atoms with Gasteiger partial charge < -0.3 is 16.2 Å². The van der Waals surface area contributed by atoms with E-state index in [1.54, 1.807) is 6.08 Å². The minimum Gasteiger partial charge on any atom is -0.396 e. The molecule has 2 atom stereocenters. The maximum atomic E-state index is 10.8. The summed E-state index contributed by atoms with van der Waals surface area (Å²) < 4.78 is 0. The van der Waals surface area contributed by atoms with Gasteiger partial charge in [-0.15, -0.1) is 0 Å². The molecule has 0 fully saturated rings. The summed E-state index contributed by atoms with van der Waals surface area (Å²) in [5, 5.41) is 22.7. The molecule has 0 amide bonds. The van der Waals surface area contributed by atoms with Crippen LogP contribution in [0.15, 0.2) is 18.5 Å². The summed E-state index contributed by atoms with van der Waals surface area (Å²) in [5.74, 6) is -0.183. The topological polar surface area (TPSA) is 127 Å². The Kier molecular flexibility index (Phi) is 2.88. The molecule has 1 aliphatic carbocycles. The Hall–Kier alpha value is -2.22. The lowest BCUT2D eigenvalue weighted by Crippen LogP contribution is -2.35. The van der Waals surface area contributed by atoms with E-state index in [-0.39, 0.29) is 35.9 Å². The Bertz CT molecular complexity index is 476. The maximum Gasteiger partial charge on any atom is 0.353 e. The number of aliphatic hydroxyl groups is 1. The quantitative estimate of drug-likeness (QED) is 0.379. The molecule has 2 rings (SSSR count). The highest BCUT2D eigenvalue weighted by atomic mass is 16.6. The molecule has 1 aromatic rings. The molecule has 0 unspecified atom stereocenters. The summed E-state index contributed by atoms with van der Waals surface area (Å²) in [6.45, 7) is -0.0253. The molecule has 0 aliphatic heterocycles. The third-order valence-electron chi connectivity index (χ3n) is 2.57. The van der Waals surface area contributed by atoms with Gasteiger partial charge in [-0.2, -0.15) is 0 Å². The summed E-state index contributed by atoms with van der Waals surface area (Å²) in [6.07, 6.45) is 4.76. The van der Waals surface area contributed by atoms with Crippen molar-refractivity contribution in [3.8, 4) is 0 Å². The molecular formula is C9H11N5O3. The van der Waals surface area contributed by atoms with Crippen LogP contribution in [-0.2, 0) is 0 Å². The van der Waals surface area contributed by atoms with Crippen molar-refractivity contribution in [2.45, 2.75) is 6.04 Å². The normalized spacial score (nSPS) is 21.9. The van der Waals surface area contributed by atoms with Crippen molar-refractivity contribution in [2.24, 2.45) is 5.92 Å². The lowest BCUT2D eigenvalue weighted by molar-refractivity contribution is -0.383. The fourth-order valence-electron chi connectivity index (χ4n) is 1.54. The highest BCUT2D eigenvalue weighted by molar-refractivity contribution is 5.68. The molecule has 0 saturated carbocycles. The minimum absolute atomic E-state index is 0.0253. The molecule has 4 N–H and O–H groups in total. The minimum atomic E-state index is -0.631. The average molecular weight is 237 g/mol. The van der Waals surface area contributed by atoms with Gasteiger partial charge in [0.05, 0.1) is 17.6 Å². The second-order valence-corrected chi connectivity index (χ2v) is 3.61. The number of nitrogens with zero attached hydrogens (tertiary/aromatic N) is 3. The van der Waals surface area contributed by atoms with E-state index in [1.165, 1.54) is 0 Å². The van der Waals surface area contributed by atoms with Gasteiger partial charge in [0.2, 0.25) is 11.6 Å². The van der Waals surface area contributed by atoms with Gasteiger partial charge in [0.15, 0.2) is 0 Å². The zero-order chi connectivity index (χ0) is 12.4. The van der Waals surface area contributed by atoms with Crippen molar-refractivity contribution in [3.05, 3.63) is 28.6 Å². The van der Waals surface area contributed by atoms with Crippen molar-refractivity contribution >= 4 is 17.3 Å². The van der Waals surface area contributed by atoms with Gasteiger partial charge in [-0.3, -0.25) is 10.1 Å². The molecule has 17 heavy (non-hydrogen) atoms. The molecule has 1 aromatic heterocycles. The van der Waals surface area contributed by atoms with Crippen LogP contribution in [0.25, 0.3) is 0 Å². The Morgan fingerprint density at radius 2 is 2.29 bits per heavy atom. The second kappa shape index (κ2) is 4.34. The monoisotopic (exact) mass is 237 g/mol. The predicted molar refractivity (Wildman–Crippen MR) is 60.2 cm³/mol. The van der Waals surface area contributed by atoms with Crippen LogP contribution >= 0.6 is 0 Å². The number of aliphatic hydroxyl groups excluding tert-OH is 1. The highest BCUT2D eigenvalue weighted by Crippen LogP contribution is 2.29. The van der Waals surface area contributed by atoms with Gasteiger partial charge in [0.1, 0.15) is 6.33 Å². The van der Waals surface area contributed by atoms with Crippen LogP contribution in [0.1, 0.15) is 0 Å². The van der Waals surface area contributed by atoms with Crippen LogP contribution in [0.3, 0.4) is 0 Å². The van der Waals surface area contributed by atoms with E-state index in [0.717, 1.165) is 6.33 Å². The third kappa shape index (κ3) is 2.02. The van der Waals surface area contributed by atoms with Gasteiger partial charge in [-0.05, 0) is 0 Å². The van der Waals surface area contributed by atoms with Crippen molar-refractivity contribution in [3.63, 3.8) is 0 Å². The van der Waals surface area contributed by atoms with Crippen LogP contribution in [0.2, 0.25) is 0 Å². The molecule has 8 nitrogen and oxygen atoms in total. The average Bonchev–Trinajstić information content (AvgIpc) is 2.24. The number of hydrogen-bond donors (Lipinski definition) is 3. The zero-order valence-corrected chi connectivity index (χ0v) is 8.78. The summed E-state index contributed by atoms with van der Waals surface area (Å²) in [5.41, 5.74) is 5.08. The highest BCUT2D eigenvalue weighted by Gasteiger charge is 2.28. The second-order valence-electron chi connectivity index (χ2n) is 3.61. The van der Waals surface area contributed by atoms with Crippen LogP contribution in [0.5, 0.6) is 0 Å². The molecule has 90 valence electrons. The van der Waals surface area contributed by atoms with Crippen molar-refractivity contribution in [2.75, 3.05) is 17.7 Å². The fourth-order valence-corrected chi connectivity index (χ4v) is 1.54. The summed E-state index contributed by atoms with van der Waals surface area (Å²) in [6, 6.07) is -0.173. The van der Waals surface area contributed by atoms with Crippen LogP contribution in [-0.4, -0.2) is 32.6 Å². The Morgan fingerprint density at radius 1 is 1.53 bits per heavy atom. The Labute approximate surface area is 96.3 Å². The molecule has 8 heteroatoms. The first kappa shape index (κ1) is 11.3. The number of aromatic nitrogens is 2. The summed E-state index contributed by atoms with van der Waals surface area (Å²) >= 11 is 0. The number of hydrogen-bond acceptors (Lipinski definition) is 7. The number of rotatable bonds is 4. The van der Waals surface area contributed by atoms with Gasteiger partial charge >= 0.3 is 5.69 Å². The molecule has 0 radical (unpaired) electrons. The Morgan fingerprint density at radius 3 is 2.82 bits per heavy atom. The third-order valence-corrected chi connectivity index (χ3v) is 2.57. The Balaban J connectivity index is 2.24. The van der Waals surface area contributed by atoms with E-state index >= 15 is 0 Å². The first-order valence-corrected chi connectivity index (χ1v) is 4.94. The molecule has 0 saturated heterocycles. The van der Waals surface area contributed by atoms with E-state index < -0.39 is 4.92 Å². The van der Waals surface area contributed by atoms with Gasteiger partial charge in [0, 0.05) is 5.92 Å². The zero-order valence-electron chi connectivity index (χ0n) is 8.78. The standard InChI is InChI=1S/C9H11N5O3/c10-8-7(14(16)17)9(12-4-11-8)13-6-2-1-5(6)3-15/h1-2,4-6,15H,3H2,(H3,10,11,12,13)/t5-,6-/m1/s1. The molecule has 0 aromatic carbocycles. The van der Waals surface area contributed by atoms with E-state index in [9.17, 15) is 10.1 Å². The summed E-state index contributed by atoms with van der Waals surface area (Å²) in [7, 11) is 0. The SMILES string of the molecule is Nc1ncnc(N[C@@H]2C=C[C@@H]2CO)c1[N+](=O)[O-]. The lowest BCUT2D eigenvalue weighted by atomic mass is 9.90. The van der Waals surface area contributed by atoms with Gasteiger partial charge in [-0.1, -0.05) is 12.2 Å². The largest absolute Gasteiger partial charge is 0.396 e. The van der Waals surface area contributed by atoms with Gasteiger partial charge in [0.25, 0.3) is 0 Å². The van der Waals surface area contributed by atoms with E-state index in [2.05, 4.69) is 15.3 Å². The van der Waals surface area contributed by atoms with E-state index in [1.807, 2.05) is 6.08 Å². The molecule has 1 heterocycles. The number of nitrogens with two attached hydrogens (primary N) is 1. The molecular weight excluding hydrogens is 226 g/mol. The lowest BCUT2D eigenvalue weighted by Gasteiger charge is -2.28. The van der Waals surface area contributed by atoms with Crippen LogP contribution in [0.4, 0.5) is 17.3 Å². The summed E-state index contributed by atoms with van der Waals surface area (Å²) in [4.78, 5) is 17.5. The number of nitro groups is 1. The van der Waals surface area contributed by atoms with Crippen molar-refractivity contribution in [1.29, 1.82) is 0 Å². The van der Waals surface area contributed by atoms with E-state index in [4.69, 9.17) is 10.8 Å². The number of nitrogen functional groups attached to an aromatic ring is 1. The number of nitrogens with one attached hydrogen (secondary N) is 1. The molecule has 0 bridgehead atoms. The van der Waals surface area contributed by atoms with Crippen LogP contribution in [0, 0.1) is 16.0 Å². The first-order chi connectivity index (χ1) is 8.13. The van der Waals surface area contributed by atoms with E-state index in [0.29, 0.717) is 0 Å². The fraction of sp³-hybridized carbons (Fsp3) is 0.333. The smallest absolute Gasteiger partial charge is 0.353 e.